The number of aryl methyl sites for hydroxylation is 1. The third-order valence-electron chi connectivity index (χ3n) is 3.81. The van der Waals surface area contributed by atoms with Crippen molar-refractivity contribution in [2.75, 3.05) is 18.5 Å². The molecule has 0 heterocycles. The Balaban J connectivity index is 1.56. The Morgan fingerprint density at radius 3 is 2.45 bits per heavy atom. The van der Waals surface area contributed by atoms with Crippen LogP contribution in [0.25, 0.3) is 10.8 Å². The summed E-state index contributed by atoms with van der Waals surface area (Å²) in [7, 11) is 0. The highest BCUT2D eigenvalue weighted by Gasteiger charge is 1.99. The van der Waals surface area contributed by atoms with Gasteiger partial charge in [-0.15, -0.1) is 0 Å². The molecule has 0 aromatic heterocycles. The lowest BCUT2D eigenvalue weighted by atomic mass is 10.1. The predicted molar refractivity (Wildman–Crippen MR) is 93.8 cm³/mol. The number of hydrogen-bond donors (Lipinski definition) is 1. The molecule has 3 rings (SSSR count). The van der Waals surface area contributed by atoms with E-state index in [4.69, 9.17) is 4.74 Å². The van der Waals surface area contributed by atoms with Crippen LogP contribution < -0.4 is 10.1 Å². The summed E-state index contributed by atoms with van der Waals surface area (Å²) in [5.74, 6) is 0.928. The van der Waals surface area contributed by atoms with Crippen LogP contribution in [0.2, 0.25) is 0 Å². The second kappa shape index (κ2) is 6.99. The van der Waals surface area contributed by atoms with E-state index >= 15 is 0 Å². The van der Waals surface area contributed by atoms with Crippen LogP contribution in [0.3, 0.4) is 0 Å². The SMILES string of the molecule is CCc1ccc(OCCNc2cccc3ccccc23)cc1. The topological polar surface area (TPSA) is 21.3 Å². The summed E-state index contributed by atoms with van der Waals surface area (Å²) in [4.78, 5) is 0. The first kappa shape index (κ1) is 14.5. The third-order valence-corrected chi connectivity index (χ3v) is 3.81. The monoisotopic (exact) mass is 291 g/mol. The van der Waals surface area contributed by atoms with Gasteiger partial charge in [-0.25, -0.2) is 0 Å². The quantitative estimate of drug-likeness (QED) is 0.653. The third kappa shape index (κ3) is 3.40. The molecule has 0 amide bonds. The first-order valence-electron chi connectivity index (χ1n) is 7.80. The van der Waals surface area contributed by atoms with Gasteiger partial charge in [0.25, 0.3) is 0 Å². The Morgan fingerprint density at radius 1 is 0.864 bits per heavy atom. The molecule has 112 valence electrons. The molecule has 1 N–H and O–H groups in total. The molecular weight excluding hydrogens is 270 g/mol. The minimum absolute atomic E-state index is 0.648. The van der Waals surface area contributed by atoms with E-state index in [0.29, 0.717) is 6.61 Å². The van der Waals surface area contributed by atoms with Gasteiger partial charge in [0.2, 0.25) is 0 Å². The van der Waals surface area contributed by atoms with E-state index in [-0.39, 0.29) is 0 Å². The molecule has 2 nitrogen and oxygen atoms in total. The molecule has 0 spiro atoms. The fourth-order valence-electron chi connectivity index (χ4n) is 2.56. The number of rotatable bonds is 6. The van der Waals surface area contributed by atoms with Crippen LogP contribution in [0.5, 0.6) is 5.75 Å². The number of hydrogen-bond acceptors (Lipinski definition) is 2. The van der Waals surface area contributed by atoms with Crippen molar-refractivity contribution in [3.05, 3.63) is 72.3 Å². The second-order valence-electron chi connectivity index (χ2n) is 5.30. The normalized spacial score (nSPS) is 10.6. The highest BCUT2D eigenvalue weighted by atomic mass is 16.5. The zero-order valence-electron chi connectivity index (χ0n) is 12.9. The van der Waals surface area contributed by atoms with Crippen molar-refractivity contribution in [3.63, 3.8) is 0 Å². The van der Waals surface area contributed by atoms with Crippen LogP contribution in [0.15, 0.2) is 66.7 Å². The molecule has 2 heteroatoms. The number of ether oxygens (including phenoxy) is 1. The first-order valence-corrected chi connectivity index (χ1v) is 7.80. The van der Waals surface area contributed by atoms with Crippen molar-refractivity contribution < 1.29 is 4.74 Å². The number of nitrogens with one attached hydrogen (secondary N) is 1. The maximum atomic E-state index is 5.78. The summed E-state index contributed by atoms with van der Waals surface area (Å²) >= 11 is 0. The van der Waals surface area contributed by atoms with Crippen LogP contribution >= 0.6 is 0 Å². The van der Waals surface area contributed by atoms with Crippen molar-refractivity contribution in [2.45, 2.75) is 13.3 Å². The predicted octanol–water partition coefficient (Wildman–Crippen LogP) is 4.89. The van der Waals surface area contributed by atoms with Gasteiger partial charge in [-0.05, 0) is 35.6 Å². The van der Waals surface area contributed by atoms with Crippen LogP contribution in [-0.2, 0) is 6.42 Å². The molecule has 0 unspecified atom stereocenters. The van der Waals surface area contributed by atoms with Gasteiger partial charge < -0.3 is 10.1 Å². The minimum atomic E-state index is 0.648. The second-order valence-corrected chi connectivity index (χ2v) is 5.30. The minimum Gasteiger partial charge on any atom is -0.492 e. The Kier molecular flexibility index (Phi) is 4.59. The van der Waals surface area contributed by atoms with E-state index in [0.717, 1.165) is 24.4 Å². The summed E-state index contributed by atoms with van der Waals surface area (Å²) in [6.45, 7) is 3.59. The lowest BCUT2D eigenvalue weighted by Crippen LogP contribution is -2.11. The van der Waals surface area contributed by atoms with Crippen LogP contribution in [0.1, 0.15) is 12.5 Å². The molecule has 0 bridgehead atoms. The molecule has 3 aromatic carbocycles. The van der Waals surface area contributed by atoms with E-state index in [2.05, 4.69) is 66.8 Å². The Morgan fingerprint density at radius 2 is 1.64 bits per heavy atom. The molecule has 0 aliphatic rings. The molecule has 0 saturated carbocycles. The maximum absolute atomic E-state index is 5.78. The van der Waals surface area contributed by atoms with Crippen molar-refractivity contribution >= 4 is 16.5 Å². The zero-order valence-corrected chi connectivity index (χ0v) is 12.9. The first-order chi connectivity index (χ1) is 10.9. The summed E-state index contributed by atoms with van der Waals surface area (Å²) in [6.07, 6.45) is 1.06. The number of fused-ring (bicyclic) bond motifs is 1. The molecule has 0 atom stereocenters. The summed E-state index contributed by atoms with van der Waals surface area (Å²) in [5, 5.41) is 5.96. The molecule has 0 fully saturated rings. The van der Waals surface area contributed by atoms with Crippen molar-refractivity contribution in [3.8, 4) is 5.75 Å². The highest BCUT2D eigenvalue weighted by Crippen LogP contribution is 2.22. The van der Waals surface area contributed by atoms with Crippen LogP contribution in [0, 0.1) is 0 Å². The van der Waals surface area contributed by atoms with Gasteiger partial charge in [0.05, 0.1) is 0 Å². The standard InChI is InChI=1S/C20H21NO/c1-2-16-10-12-18(13-11-16)22-15-14-21-20-9-5-7-17-6-3-4-8-19(17)20/h3-13,21H,2,14-15H2,1H3. The van der Waals surface area contributed by atoms with E-state index in [1.54, 1.807) is 0 Å². The average molecular weight is 291 g/mol. The lowest BCUT2D eigenvalue weighted by molar-refractivity contribution is 0.333. The van der Waals surface area contributed by atoms with Gasteiger partial charge in [-0.1, -0.05) is 55.5 Å². The Hall–Kier alpha value is -2.48. The highest BCUT2D eigenvalue weighted by molar-refractivity contribution is 5.93. The Bertz CT molecular complexity index is 729. The lowest BCUT2D eigenvalue weighted by Gasteiger charge is -2.11. The average Bonchev–Trinajstić information content (AvgIpc) is 2.59. The van der Waals surface area contributed by atoms with Gasteiger partial charge >= 0.3 is 0 Å². The number of anilines is 1. The van der Waals surface area contributed by atoms with Gasteiger partial charge in [-0.2, -0.15) is 0 Å². The fraction of sp³-hybridized carbons (Fsp3) is 0.200. The van der Waals surface area contributed by atoms with E-state index in [1.807, 2.05) is 12.1 Å². The van der Waals surface area contributed by atoms with Crippen molar-refractivity contribution in [1.82, 2.24) is 0 Å². The zero-order chi connectivity index (χ0) is 15.2. The largest absolute Gasteiger partial charge is 0.492 e. The van der Waals surface area contributed by atoms with Crippen molar-refractivity contribution in [1.29, 1.82) is 0 Å². The summed E-state index contributed by atoms with van der Waals surface area (Å²) in [6, 6.07) is 23.0. The molecule has 0 aliphatic carbocycles. The maximum Gasteiger partial charge on any atom is 0.119 e. The van der Waals surface area contributed by atoms with Gasteiger partial charge in [0, 0.05) is 17.6 Å². The number of benzene rings is 3. The Labute approximate surface area is 131 Å². The van der Waals surface area contributed by atoms with E-state index in [9.17, 15) is 0 Å². The van der Waals surface area contributed by atoms with Crippen LogP contribution in [0.4, 0.5) is 5.69 Å². The molecule has 22 heavy (non-hydrogen) atoms. The van der Waals surface area contributed by atoms with E-state index in [1.165, 1.54) is 16.3 Å². The summed E-state index contributed by atoms with van der Waals surface area (Å²) in [5.41, 5.74) is 2.49. The fourth-order valence-corrected chi connectivity index (χ4v) is 2.56. The molecule has 0 aliphatic heterocycles. The van der Waals surface area contributed by atoms with E-state index < -0.39 is 0 Å². The molecule has 3 aromatic rings. The van der Waals surface area contributed by atoms with Gasteiger partial charge in [0.15, 0.2) is 0 Å². The summed E-state index contributed by atoms with van der Waals surface area (Å²) < 4.78 is 5.78. The smallest absolute Gasteiger partial charge is 0.119 e. The van der Waals surface area contributed by atoms with Crippen molar-refractivity contribution in [2.24, 2.45) is 0 Å². The molecule has 0 radical (unpaired) electrons. The molecular formula is C20H21NO. The van der Waals surface area contributed by atoms with Gasteiger partial charge in [0.1, 0.15) is 12.4 Å². The van der Waals surface area contributed by atoms with Gasteiger partial charge in [-0.3, -0.25) is 0 Å². The van der Waals surface area contributed by atoms with Crippen LogP contribution in [-0.4, -0.2) is 13.2 Å². The molecule has 0 saturated heterocycles.